The van der Waals surface area contributed by atoms with Crippen LogP contribution in [0.1, 0.15) is 23.7 Å². The Morgan fingerprint density at radius 1 is 1.24 bits per heavy atom. The Morgan fingerprint density at radius 2 is 1.82 bits per heavy atom. The summed E-state index contributed by atoms with van der Waals surface area (Å²) in [6.07, 6.45) is -4.63. The van der Waals surface area contributed by atoms with Crippen molar-refractivity contribution in [3.05, 3.63) is 35.4 Å². The Morgan fingerprint density at radius 3 is 2.24 bits per heavy atom. The number of aryl methyl sites for hydroxylation is 1. The summed E-state index contributed by atoms with van der Waals surface area (Å²) in [7, 11) is 1.06. The first kappa shape index (κ1) is 14.0. The van der Waals surface area contributed by atoms with Gasteiger partial charge in [0, 0.05) is 7.11 Å². The predicted molar refractivity (Wildman–Crippen MR) is 59.6 cm³/mol. The molecule has 0 bridgehead atoms. The fraction of sp³-hybridized carbons (Fsp3) is 0.500. The van der Waals surface area contributed by atoms with Gasteiger partial charge in [0.15, 0.2) is 6.10 Å². The molecule has 1 atom stereocenters. The summed E-state index contributed by atoms with van der Waals surface area (Å²) in [6.45, 7) is 0.574. The maximum atomic E-state index is 12.6. The molecule has 0 amide bonds. The third-order valence-corrected chi connectivity index (χ3v) is 2.49. The first-order valence-corrected chi connectivity index (χ1v) is 5.37. The zero-order valence-corrected chi connectivity index (χ0v) is 9.63. The molecule has 0 aliphatic rings. The molecule has 0 aromatic heterocycles. The zero-order chi connectivity index (χ0) is 12.9. The highest BCUT2D eigenvalue weighted by Crippen LogP contribution is 2.35. The van der Waals surface area contributed by atoms with E-state index >= 15 is 0 Å². The van der Waals surface area contributed by atoms with Crippen molar-refractivity contribution in [2.45, 2.75) is 25.1 Å². The number of ether oxygens (including phenoxy) is 1. The van der Waals surface area contributed by atoms with E-state index < -0.39 is 12.3 Å². The van der Waals surface area contributed by atoms with Crippen molar-refractivity contribution in [3.8, 4) is 0 Å². The zero-order valence-electron chi connectivity index (χ0n) is 9.63. The lowest BCUT2D eigenvalue weighted by molar-refractivity contribution is -0.215. The summed E-state index contributed by atoms with van der Waals surface area (Å²) in [5.41, 5.74) is 6.47. The van der Waals surface area contributed by atoms with Crippen molar-refractivity contribution in [2.24, 2.45) is 5.73 Å². The number of nitrogens with two attached hydrogens (primary N) is 1. The van der Waals surface area contributed by atoms with Crippen molar-refractivity contribution in [1.29, 1.82) is 0 Å². The highest BCUT2D eigenvalue weighted by Gasteiger charge is 2.40. The lowest BCUT2D eigenvalue weighted by atomic mass is 10.0. The van der Waals surface area contributed by atoms with Gasteiger partial charge in [0.1, 0.15) is 0 Å². The number of hydrogen-bond donors (Lipinski definition) is 1. The molecule has 1 unspecified atom stereocenters. The SMILES string of the molecule is COC(c1ccc(CCCN)cc1)C(F)(F)F. The second-order valence-corrected chi connectivity index (χ2v) is 3.79. The molecule has 5 heteroatoms. The summed E-state index contributed by atoms with van der Waals surface area (Å²) in [5, 5.41) is 0. The van der Waals surface area contributed by atoms with Crippen LogP contribution < -0.4 is 5.73 Å². The van der Waals surface area contributed by atoms with Crippen molar-refractivity contribution in [2.75, 3.05) is 13.7 Å². The predicted octanol–water partition coefficient (Wildman–Crippen LogP) is 2.83. The molecule has 1 aromatic rings. The summed E-state index contributed by atoms with van der Waals surface area (Å²) in [6, 6.07) is 6.27. The number of rotatable bonds is 5. The van der Waals surface area contributed by atoms with Gasteiger partial charge in [-0.25, -0.2) is 0 Å². The number of methoxy groups -OCH3 is 1. The normalized spacial score (nSPS) is 13.7. The van der Waals surface area contributed by atoms with E-state index in [1.54, 1.807) is 12.1 Å². The van der Waals surface area contributed by atoms with Crippen LogP contribution in [0.25, 0.3) is 0 Å². The van der Waals surface area contributed by atoms with Gasteiger partial charge in [0.2, 0.25) is 0 Å². The van der Waals surface area contributed by atoms with E-state index in [0.717, 1.165) is 25.5 Å². The number of benzene rings is 1. The van der Waals surface area contributed by atoms with Gasteiger partial charge in [0.05, 0.1) is 0 Å². The lowest BCUT2D eigenvalue weighted by Crippen LogP contribution is -2.22. The Balaban J connectivity index is 2.78. The van der Waals surface area contributed by atoms with Gasteiger partial charge in [-0.3, -0.25) is 0 Å². The van der Waals surface area contributed by atoms with Gasteiger partial charge in [-0.15, -0.1) is 0 Å². The molecule has 1 rings (SSSR count). The van der Waals surface area contributed by atoms with Crippen LogP contribution in [-0.2, 0) is 11.2 Å². The van der Waals surface area contributed by atoms with E-state index in [1.165, 1.54) is 12.1 Å². The van der Waals surface area contributed by atoms with E-state index in [0.29, 0.717) is 6.54 Å². The number of halogens is 3. The topological polar surface area (TPSA) is 35.2 Å². The summed E-state index contributed by atoms with van der Waals surface area (Å²) >= 11 is 0. The van der Waals surface area contributed by atoms with Gasteiger partial charge >= 0.3 is 6.18 Å². The molecule has 0 saturated carbocycles. The molecule has 0 aliphatic heterocycles. The van der Waals surface area contributed by atoms with Gasteiger partial charge in [-0.05, 0) is 30.5 Å². The van der Waals surface area contributed by atoms with Gasteiger partial charge in [-0.1, -0.05) is 24.3 Å². The van der Waals surface area contributed by atoms with Crippen LogP contribution in [0.3, 0.4) is 0 Å². The third kappa shape index (κ3) is 4.02. The van der Waals surface area contributed by atoms with Crippen molar-refractivity contribution in [3.63, 3.8) is 0 Å². The summed E-state index contributed by atoms with van der Waals surface area (Å²) < 4.78 is 42.2. The molecule has 2 N–H and O–H groups in total. The third-order valence-electron chi connectivity index (χ3n) is 2.49. The molecular formula is C12H16F3NO. The number of alkyl halides is 3. The average molecular weight is 247 g/mol. The van der Waals surface area contributed by atoms with E-state index in [9.17, 15) is 13.2 Å². The van der Waals surface area contributed by atoms with E-state index in [-0.39, 0.29) is 5.56 Å². The highest BCUT2D eigenvalue weighted by atomic mass is 19.4. The fourth-order valence-electron chi connectivity index (χ4n) is 1.62. The standard InChI is InChI=1S/C12H16F3NO/c1-17-11(12(13,14)15)10-6-4-9(5-7-10)3-2-8-16/h4-7,11H,2-3,8,16H2,1H3. The largest absolute Gasteiger partial charge is 0.418 e. The van der Waals surface area contributed by atoms with Crippen LogP contribution in [0.5, 0.6) is 0 Å². The number of hydrogen-bond acceptors (Lipinski definition) is 2. The molecule has 96 valence electrons. The second-order valence-electron chi connectivity index (χ2n) is 3.79. The van der Waals surface area contributed by atoms with Crippen LogP contribution in [0.4, 0.5) is 13.2 Å². The van der Waals surface area contributed by atoms with Crippen molar-refractivity contribution < 1.29 is 17.9 Å². The second kappa shape index (κ2) is 6.02. The minimum absolute atomic E-state index is 0.122. The first-order chi connectivity index (χ1) is 7.99. The van der Waals surface area contributed by atoms with E-state index in [1.807, 2.05) is 0 Å². The smallest absolute Gasteiger partial charge is 0.367 e. The lowest BCUT2D eigenvalue weighted by Gasteiger charge is -2.19. The highest BCUT2D eigenvalue weighted by molar-refractivity contribution is 5.25. The Labute approximate surface area is 98.6 Å². The van der Waals surface area contributed by atoms with Gasteiger partial charge in [-0.2, -0.15) is 13.2 Å². The molecule has 0 saturated heterocycles. The Kier molecular flexibility index (Phi) is 4.96. The molecule has 0 radical (unpaired) electrons. The van der Waals surface area contributed by atoms with Crippen LogP contribution in [0.2, 0.25) is 0 Å². The minimum atomic E-state index is -4.38. The minimum Gasteiger partial charge on any atom is -0.367 e. The molecule has 17 heavy (non-hydrogen) atoms. The molecule has 0 fully saturated rings. The van der Waals surface area contributed by atoms with Crippen LogP contribution in [0, 0.1) is 0 Å². The molecular weight excluding hydrogens is 231 g/mol. The fourth-order valence-corrected chi connectivity index (χ4v) is 1.62. The summed E-state index contributed by atoms with van der Waals surface area (Å²) in [5.74, 6) is 0. The molecule has 0 aliphatic carbocycles. The quantitative estimate of drug-likeness (QED) is 0.868. The Hall–Kier alpha value is -1.07. The average Bonchev–Trinajstić information content (AvgIpc) is 2.27. The Bertz CT molecular complexity index is 335. The maximum Gasteiger partial charge on any atom is 0.418 e. The maximum absolute atomic E-state index is 12.6. The van der Waals surface area contributed by atoms with Crippen molar-refractivity contribution >= 4 is 0 Å². The molecule has 0 heterocycles. The summed E-state index contributed by atoms with van der Waals surface area (Å²) in [4.78, 5) is 0. The van der Waals surface area contributed by atoms with Crippen molar-refractivity contribution in [1.82, 2.24) is 0 Å². The van der Waals surface area contributed by atoms with Crippen LogP contribution in [0.15, 0.2) is 24.3 Å². The monoisotopic (exact) mass is 247 g/mol. The molecule has 1 aromatic carbocycles. The van der Waals surface area contributed by atoms with Gasteiger partial charge < -0.3 is 10.5 Å². The molecule has 2 nitrogen and oxygen atoms in total. The van der Waals surface area contributed by atoms with E-state index in [4.69, 9.17) is 5.73 Å². The van der Waals surface area contributed by atoms with Gasteiger partial charge in [0.25, 0.3) is 0 Å². The van der Waals surface area contributed by atoms with Crippen LogP contribution >= 0.6 is 0 Å². The molecule has 0 spiro atoms. The van der Waals surface area contributed by atoms with Crippen LogP contribution in [-0.4, -0.2) is 19.8 Å². The van der Waals surface area contributed by atoms with E-state index in [2.05, 4.69) is 4.74 Å². The first-order valence-electron chi connectivity index (χ1n) is 5.37.